The van der Waals surface area contributed by atoms with Gasteiger partial charge in [-0.15, -0.1) is 0 Å². The van der Waals surface area contributed by atoms with Gasteiger partial charge in [0.05, 0.1) is 24.7 Å². The smallest absolute Gasteiger partial charge is 0.228 e. The van der Waals surface area contributed by atoms with Crippen molar-refractivity contribution in [3.8, 4) is 11.4 Å². The Morgan fingerprint density at radius 1 is 1.31 bits per heavy atom. The van der Waals surface area contributed by atoms with Gasteiger partial charge >= 0.3 is 0 Å². The van der Waals surface area contributed by atoms with Gasteiger partial charge < -0.3 is 19.7 Å². The Hall–Kier alpha value is -2.58. The predicted molar refractivity (Wildman–Crippen MR) is 108 cm³/mol. The lowest BCUT2D eigenvalue weighted by molar-refractivity contribution is -0.147. The summed E-state index contributed by atoms with van der Waals surface area (Å²) in [7, 11) is 1.68. The summed E-state index contributed by atoms with van der Waals surface area (Å²) >= 11 is 0. The Bertz CT molecular complexity index is 841. The van der Waals surface area contributed by atoms with Gasteiger partial charge in [0.15, 0.2) is 5.82 Å². The average molecular weight is 397 g/mol. The van der Waals surface area contributed by atoms with E-state index in [1.165, 1.54) is 0 Å². The molecule has 2 atom stereocenters. The Labute approximate surface area is 170 Å². The van der Waals surface area contributed by atoms with E-state index >= 15 is 0 Å². The van der Waals surface area contributed by atoms with Gasteiger partial charge in [0.25, 0.3) is 0 Å². The standard InChI is InChI=1S/C21H27N5O3/c1-3-16-9-19(25-20(24-16)14-4-6-22-7-5-14)23-10-17-8-15(13-29-17)21(27)26-11-18(12-26)28-2/h4-7,9,15,17-18H,3,8,10-13H2,1-2H3,(H,23,24,25)/t15-,17-/m0/s1. The number of aromatic nitrogens is 3. The van der Waals surface area contributed by atoms with Crippen molar-refractivity contribution >= 4 is 11.7 Å². The zero-order valence-electron chi connectivity index (χ0n) is 16.9. The van der Waals surface area contributed by atoms with Gasteiger partial charge in [0, 0.05) is 56.5 Å². The van der Waals surface area contributed by atoms with Crippen LogP contribution in [0.3, 0.4) is 0 Å². The summed E-state index contributed by atoms with van der Waals surface area (Å²) in [4.78, 5) is 27.7. The Kier molecular flexibility index (Phi) is 6.01. The monoisotopic (exact) mass is 397 g/mol. The number of pyridine rings is 1. The second kappa shape index (κ2) is 8.84. The van der Waals surface area contributed by atoms with Crippen LogP contribution in [-0.2, 0) is 20.7 Å². The van der Waals surface area contributed by atoms with Crippen LogP contribution < -0.4 is 5.32 Å². The molecule has 0 aliphatic carbocycles. The number of likely N-dealkylation sites (tertiary alicyclic amines) is 1. The van der Waals surface area contributed by atoms with Crippen LogP contribution in [0.1, 0.15) is 19.0 Å². The summed E-state index contributed by atoms with van der Waals surface area (Å²) in [6.45, 7) is 4.54. The second-order valence-corrected chi connectivity index (χ2v) is 7.53. The zero-order chi connectivity index (χ0) is 20.2. The van der Waals surface area contributed by atoms with E-state index in [0.29, 0.717) is 32.1 Å². The fourth-order valence-electron chi connectivity index (χ4n) is 3.66. The SMILES string of the molecule is CCc1cc(NC[C@@H]2C[C@H](C(=O)N3CC(OC)C3)CO2)nc(-c2ccncc2)n1. The predicted octanol–water partition coefficient (Wildman–Crippen LogP) is 1.78. The molecule has 0 radical (unpaired) electrons. The van der Waals surface area contributed by atoms with E-state index < -0.39 is 0 Å². The van der Waals surface area contributed by atoms with Crippen LogP contribution in [0.15, 0.2) is 30.6 Å². The lowest BCUT2D eigenvalue weighted by atomic mass is 10.0. The van der Waals surface area contributed by atoms with Crippen LogP contribution >= 0.6 is 0 Å². The summed E-state index contributed by atoms with van der Waals surface area (Å²) in [6.07, 6.45) is 5.20. The van der Waals surface area contributed by atoms with Gasteiger partial charge in [-0.3, -0.25) is 9.78 Å². The van der Waals surface area contributed by atoms with E-state index in [4.69, 9.17) is 9.47 Å². The molecule has 2 aliphatic heterocycles. The molecule has 8 nitrogen and oxygen atoms in total. The van der Waals surface area contributed by atoms with Gasteiger partial charge in [-0.1, -0.05) is 6.92 Å². The van der Waals surface area contributed by atoms with Crippen LogP contribution in [0, 0.1) is 5.92 Å². The Morgan fingerprint density at radius 2 is 2.10 bits per heavy atom. The van der Waals surface area contributed by atoms with Crippen LogP contribution in [0.25, 0.3) is 11.4 Å². The highest BCUT2D eigenvalue weighted by atomic mass is 16.5. The van der Waals surface area contributed by atoms with Crippen molar-refractivity contribution in [2.75, 3.05) is 38.7 Å². The highest BCUT2D eigenvalue weighted by Crippen LogP contribution is 2.25. The second-order valence-electron chi connectivity index (χ2n) is 7.53. The van der Waals surface area contributed by atoms with Crippen LogP contribution in [0.5, 0.6) is 0 Å². The van der Waals surface area contributed by atoms with Crippen LogP contribution in [-0.4, -0.2) is 71.3 Å². The van der Waals surface area contributed by atoms with Gasteiger partial charge in [0.2, 0.25) is 5.91 Å². The summed E-state index contributed by atoms with van der Waals surface area (Å²) in [5.74, 6) is 1.56. The van der Waals surface area contributed by atoms with Crippen molar-refractivity contribution < 1.29 is 14.3 Å². The minimum Gasteiger partial charge on any atom is -0.378 e. The molecule has 4 rings (SSSR count). The summed E-state index contributed by atoms with van der Waals surface area (Å²) in [5.41, 5.74) is 1.91. The molecule has 8 heteroatoms. The molecule has 0 aromatic carbocycles. The molecule has 1 amide bonds. The van der Waals surface area contributed by atoms with E-state index in [2.05, 4.69) is 27.2 Å². The maximum atomic E-state index is 12.5. The van der Waals surface area contributed by atoms with E-state index in [-0.39, 0.29) is 24.0 Å². The minimum absolute atomic E-state index is 0.00661. The quantitative estimate of drug-likeness (QED) is 0.762. The van der Waals surface area contributed by atoms with Crippen molar-refractivity contribution in [2.45, 2.75) is 32.0 Å². The first-order chi connectivity index (χ1) is 14.2. The molecule has 2 aliphatic rings. The number of methoxy groups -OCH3 is 1. The average Bonchev–Trinajstić information content (AvgIpc) is 3.21. The van der Waals surface area contributed by atoms with E-state index in [1.54, 1.807) is 19.5 Å². The number of hydrogen-bond donors (Lipinski definition) is 1. The number of hydrogen-bond acceptors (Lipinski definition) is 7. The molecule has 2 fully saturated rings. The molecule has 154 valence electrons. The third kappa shape index (κ3) is 4.54. The third-order valence-corrected chi connectivity index (χ3v) is 5.51. The molecule has 2 aromatic rings. The molecule has 0 saturated carbocycles. The molecular formula is C21H27N5O3. The Morgan fingerprint density at radius 3 is 2.83 bits per heavy atom. The van der Waals surface area contributed by atoms with Gasteiger partial charge in [-0.2, -0.15) is 0 Å². The first-order valence-corrected chi connectivity index (χ1v) is 10.1. The van der Waals surface area contributed by atoms with Crippen molar-refractivity contribution in [3.63, 3.8) is 0 Å². The van der Waals surface area contributed by atoms with Gasteiger partial charge in [-0.05, 0) is 25.0 Å². The lowest BCUT2D eigenvalue weighted by Gasteiger charge is -2.39. The number of anilines is 1. The highest BCUT2D eigenvalue weighted by Gasteiger charge is 2.38. The summed E-state index contributed by atoms with van der Waals surface area (Å²) in [6, 6.07) is 5.77. The summed E-state index contributed by atoms with van der Waals surface area (Å²) < 4.78 is 11.1. The number of nitrogens with one attached hydrogen (secondary N) is 1. The van der Waals surface area contributed by atoms with Crippen molar-refractivity contribution in [1.82, 2.24) is 19.9 Å². The highest BCUT2D eigenvalue weighted by molar-refractivity contribution is 5.80. The lowest BCUT2D eigenvalue weighted by Crippen LogP contribution is -2.56. The number of carbonyl (C=O) groups excluding carboxylic acids is 1. The number of nitrogens with zero attached hydrogens (tertiary/aromatic N) is 4. The molecule has 4 heterocycles. The molecule has 0 unspecified atom stereocenters. The molecular weight excluding hydrogens is 370 g/mol. The number of ether oxygens (including phenoxy) is 2. The zero-order valence-corrected chi connectivity index (χ0v) is 16.9. The first kappa shape index (κ1) is 19.7. The fraction of sp³-hybridized carbons (Fsp3) is 0.524. The maximum absolute atomic E-state index is 12.5. The largest absolute Gasteiger partial charge is 0.378 e. The Balaban J connectivity index is 1.34. The van der Waals surface area contributed by atoms with Crippen LogP contribution in [0.4, 0.5) is 5.82 Å². The van der Waals surface area contributed by atoms with E-state index in [1.807, 2.05) is 23.1 Å². The number of amides is 1. The van der Waals surface area contributed by atoms with E-state index in [0.717, 1.165) is 29.9 Å². The maximum Gasteiger partial charge on any atom is 0.228 e. The molecule has 1 N–H and O–H groups in total. The molecule has 29 heavy (non-hydrogen) atoms. The van der Waals surface area contributed by atoms with Gasteiger partial charge in [-0.25, -0.2) is 9.97 Å². The van der Waals surface area contributed by atoms with Crippen molar-refractivity contribution in [3.05, 3.63) is 36.3 Å². The van der Waals surface area contributed by atoms with Crippen molar-refractivity contribution in [2.24, 2.45) is 5.92 Å². The van der Waals surface area contributed by atoms with Crippen molar-refractivity contribution in [1.29, 1.82) is 0 Å². The normalized spacial score (nSPS) is 21.8. The number of aryl methyl sites for hydroxylation is 1. The molecule has 0 bridgehead atoms. The third-order valence-electron chi connectivity index (χ3n) is 5.51. The van der Waals surface area contributed by atoms with Crippen LogP contribution in [0.2, 0.25) is 0 Å². The molecule has 2 saturated heterocycles. The number of carbonyl (C=O) groups is 1. The molecule has 2 aromatic heterocycles. The first-order valence-electron chi connectivity index (χ1n) is 10.1. The minimum atomic E-state index is -0.0661. The fourth-order valence-corrected chi connectivity index (χ4v) is 3.66. The number of rotatable bonds is 7. The van der Waals surface area contributed by atoms with E-state index in [9.17, 15) is 4.79 Å². The topological polar surface area (TPSA) is 89.5 Å². The van der Waals surface area contributed by atoms with Gasteiger partial charge in [0.1, 0.15) is 5.82 Å². The summed E-state index contributed by atoms with van der Waals surface area (Å²) in [5, 5.41) is 3.37. The molecule has 0 spiro atoms.